The van der Waals surface area contributed by atoms with Gasteiger partial charge in [0.1, 0.15) is 11.5 Å². The Morgan fingerprint density at radius 1 is 0.902 bits per heavy atom. The Morgan fingerprint density at radius 3 is 2.34 bits per heavy atom. The van der Waals surface area contributed by atoms with Crippen molar-refractivity contribution in [2.45, 2.75) is 35.7 Å². The average molecular weight is 594 g/mol. The van der Waals surface area contributed by atoms with Gasteiger partial charge in [0, 0.05) is 11.6 Å². The normalized spacial score (nSPS) is 12.1. The highest BCUT2D eigenvalue weighted by molar-refractivity contribution is 7.91. The van der Waals surface area contributed by atoms with E-state index >= 15 is 0 Å². The minimum atomic E-state index is -3.77. The van der Waals surface area contributed by atoms with Gasteiger partial charge in [-0.1, -0.05) is 48.0 Å². The van der Waals surface area contributed by atoms with Gasteiger partial charge in [0.25, 0.3) is 0 Å². The predicted octanol–water partition coefficient (Wildman–Crippen LogP) is 6.40. The summed E-state index contributed by atoms with van der Waals surface area (Å²) in [4.78, 5) is 12.3. The Kier molecular flexibility index (Phi) is 10.5. The molecule has 0 spiro atoms. The van der Waals surface area contributed by atoms with E-state index in [0.717, 1.165) is 24.0 Å². The molecule has 0 heterocycles. The van der Waals surface area contributed by atoms with Crippen LogP contribution in [0.2, 0.25) is 5.02 Å². The van der Waals surface area contributed by atoms with E-state index in [0.29, 0.717) is 35.2 Å². The molecule has 2 N–H and O–H groups in total. The van der Waals surface area contributed by atoms with Crippen molar-refractivity contribution >= 4 is 27.4 Å². The smallest absolute Gasteiger partial charge is 0.338 e. The number of ether oxygens (including phenoxy) is 2. The Morgan fingerprint density at radius 2 is 1.61 bits per heavy atom. The zero-order chi connectivity index (χ0) is 29.2. The highest BCUT2D eigenvalue weighted by Crippen LogP contribution is 2.28. The molecule has 214 valence electrons. The van der Waals surface area contributed by atoms with Crippen molar-refractivity contribution in [1.29, 1.82) is 0 Å². The van der Waals surface area contributed by atoms with Gasteiger partial charge in [-0.25, -0.2) is 13.2 Å². The van der Waals surface area contributed by atoms with Crippen LogP contribution in [0.25, 0.3) is 0 Å². The van der Waals surface area contributed by atoms with Gasteiger partial charge in [-0.2, -0.15) is 0 Å². The van der Waals surface area contributed by atoms with Crippen molar-refractivity contribution < 1.29 is 27.8 Å². The molecule has 0 fully saturated rings. The number of esters is 1. The molecule has 0 aromatic heterocycles. The maximum absolute atomic E-state index is 13.3. The summed E-state index contributed by atoms with van der Waals surface area (Å²) in [6.07, 6.45) is 0.941. The van der Waals surface area contributed by atoms with Crippen LogP contribution in [0.3, 0.4) is 0 Å². The van der Waals surface area contributed by atoms with E-state index in [4.69, 9.17) is 21.1 Å². The fraction of sp³-hybridized carbons (Fsp3) is 0.219. The molecule has 1 atom stereocenters. The minimum Gasteiger partial charge on any atom is -0.462 e. The molecule has 4 aromatic rings. The van der Waals surface area contributed by atoms with Crippen LogP contribution in [0, 0.1) is 0 Å². The third-order valence-corrected chi connectivity index (χ3v) is 8.32. The number of carbonyl (C=O) groups is 1. The molecule has 0 bridgehead atoms. The second-order valence-corrected chi connectivity index (χ2v) is 11.7. The largest absolute Gasteiger partial charge is 0.462 e. The number of nitrogens with one attached hydrogen (secondary N) is 1. The number of halogens is 1. The average Bonchev–Trinajstić information content (AvgIpc) is 2.97. The van der Waals surface area contributed by atoms with E-state index in [1.54, 1.807) is 67.6 Å². The molecule has 4 aromatic carbocycles. The zero-order valence-electron chi connectivity index (χ0n) is 22.6. The maximum Gasteiger partial charge on any atom is 0.338 e. The lowest BCUT2D eigenvalue weighted by molar-refractivity contribution is 0.0526. The van der Waals surface area contributed by atoms with Crippen LogP contribution >= 0.6 is 11.6 Å². The number of aliphatic hydroxyl groups excluding tert-OH is 1. The first-order valence-electron chi connectivity index (χ1n) is 13.3. The maximum atomic E-state index is 13.3. The van der Waals surface area contributed by atoms with Crippen LogP contribution in [0.1, 0.15) is 40.9 Å². The van der Waals surface area contributed by atoms with Crippen molar-refractivity contribution in [3.05, 3.63) is 119 Å². The molecule has 41 heavy (non-hydrogen) atoms. The fourth-order valence-corrected chi connectivity index (χ4v) is 5.70. The van der Waals surface area contributed by atoms with Crippen LogP contribution in [0.15, 0.2) is 107 Å². The Labute approximate surface area is 245 Å². The highest BCUT2D eigenvalue weighted by atomic mass is 35.5. The van der Waals surface area contributed by atoms with Gasteiger partial charge in [-0.05, 0) is 98.1 Å². The van der Waals surface area contributed by atoms with Crippen molar-refractivity contribution in [3.63, 3.8) is 0 Å². The number of hydrogen-bond acceptors (Lipinski definition) is 7. The molecule has 0 saturated heterocycles. The van der Waals surface area contributed by atoms with Gasteiger partial charge in [-0.15, -0.1) is 0 Å². The lowest BCUT2D eigenvalue weighted by Crippen LogP contribution is -2.22. The summed E-state index contributed by atoms with van der Waals surface area (Å²) in [6, 6.07) is 26.8. The Hall–Kier alpha value is -3.69. The van der Waals surface area contributed by atoms with Crippen LogP contribution in [0.4, 0.5) is 0 Å². The van der Waals surface area contributed by atoms with E-state index < -0.39 is 21.9 Å². The topological polar surface area (TPSA) is 102 Å². The van der Waals surface area contributed by atoms with Gasteiger partial charge >= 0.3 is 5.97 Å². The first kappa shape index (κ1) is 30.3. The van der Waals surface area contributed by atoms with Crippen molar-refractivity contribution in [2.75, 3.05) is 19.7 Å². The van der Waals surface area contributed by atoms with Gasteiger partial charge in [-0.3, -0.25) is 0 Å². The van der Waals surface area contributed by atoms with E-state index in [-0.39, 0.29) is 16.4 Å². The second kappa shape index (κ2) is 14.3. The molecule has 0 amide bonds. The lowest BCUT2D eigenvalue weighted by atomic mass is 10.1. The quantitative estimate of drug-likeness (QED) is 0.137. The molecule has 0 aliphatic heterocycles. The number of rotatable bonds is 13. The number of aliphatic hydroxyl groups is 1. The third-order valence-electron chi connectivity index (χ3n) is 6.32. The molecule has 0 radical (unpaired) electrons. The summed E-state index contributed by atoms with van der Waals surface area (Å²) in [5, 5.41) is 14.1. The molecule has 0 aliphatic carbocycles. The van der Waals surface area contributed by atoms with E-state index in [9.17, 15) is 18.3 Å². The van der Waals surface area contributed by atoms with Gasteiger partial charge in [0.2, 0.25) is 9.84 Å². The number of sulfone groups is 1. The number of carbonyl (C=O) groups excluding carboxylic acids is 1. The van der Waals surface area contributed by atoms with Gasteiger partial charge in [0.05, 0.1) is 28.1 Å². The van der Waals surface area contributed by atoms with Crippen LogP contribution in [-0.2, 0) is 21.0 Å². The third kappa shape index (κ3) is 8.41. The Bertz CT molecular complexity index is 1570. The number of benzene rings is 4. The first-order valence-corrected chi connectivity index (χ1v) is 15.2. The monoisotopic (exact) mass is 593 g/mol. The lowest BCUT2D eigenvalue weighted by Gasteiger charge is -2.12. The van der Waals surface area contributed by atoms with Gasteiger partial charge in [0.15, 0.2) is 0 Å². The van der Waals surface area contributed by atoms with E-state index in [1.807, 2.05) is 24.3 Å². The molecule has 0 unspecified atom stereocenters. The number of aryl methyl sites for hydroxylation is 1. The van der Waals surface area contributed by atoms with Crippen LogP contribution in [-0.4, -0.2) is 39.2 Å². The van der Waals surface area contributed by atoms with Crippen LogP contribution in [0.5, 0.6) is 11.5 Å². The summed E-state index contributed by atoms with van der Waals surface area (Å²) in [6.45, 7) is 3.11. The van der Waals surface area contributed by atoms with Crippen molar-refractivity contribution in [3.8, 4) is 11.5 Å². The molecule has 0 aliphatic rings. The molecular formula is C32H32ClNO6S. The molecule has 0 saturated carbocycles. The van der Waals surface area contributed by atoms with E-state index in [2.05, 4.69) is 5.32 Å². The van der Waals surface area contributed by atoms with Gasteiger partial charge < -0.3 is 19.9 Å². The summed E-state index contributed by atoms with van der Waals surface area (Å²) in [5.74, 6) is 0.265. The summed E-state index contributed by atoms with van der Waals surface area (Å²) in [5.41, 5.74) is 2.13. The first-order chi connectivity index (χ1) is 19.8. The van der Waals surface area contributed by atoms with Crippen LogP contribution < -0.4 is 10.1 Å². The molecule has 7 nitrogen and oxygen atoms in total. The highest BCUT2D eigenvalue weighted by Gasteiger charge is 2.19. The van der Waals surface area contributed by atoms with Crippen molar-refractivity contribution in [2.24, 2.45) is 0 Å². The summed E-state index contributed by atoms with van der Waals surface area (Å²) >= 11 is 5.99. The summed E-state index contributed by atoms with van der Waals surface area (Å²) in [7, 11) is -3.77. The van der Waals surface area contributed by atoms with E-state index in [1.165, 1.54) is 12.1 Å². The van der Waals surface area contributed by atoms with Crippen molar-refractivity contribution in [1.82, 2.24) is 5.32 Å². The molecule has 4 rings (SSSR count). The predicted molar refractivity (Wildman–Crippen MR) is 158 cm³/mol. The fourth-order valence-electron chi connectivity index (χ4n) is 4.20. The SMILES string of the molecule is CCOC(=O)c1cccc(Oc2cccc(S(=O)(=O)c3ccc(CCCNC[C@H](O)c4cccc(Cl)c4)cc3)c2)c1. The summed E-state index contributed by atoms with van der Waals surface area (Å²) < 4.78 is 37.5. The number of hydrogen-bond donors (Lipinski definition) is 2. The minimum absolute atomic E-state index is 0.103. The zero-order valence-corrected chi connectivity index (χ0v) is 24.2. The Balaban J connectivity index is 1.32. The molecule has 9 heteroatoms. The standard InChI is InChI=1S/C32H32ClNO6S/c1-2-39-32(36)25-9-4-11-27(20-25)40-28-12-5-13-30(21-28)41(37,38)29-16-14-23(15-17-29)7-6-18-34-22-31(35)24-8-3-10-26(33)19-24/h3-5,8-17,19-21,31,34-35H,2,6-7,18,22H2,1H3/t31-/m0/s1. The second-order valence-electron chi connectivity index (χ2n) is 9.35. The molecular weight excluding hydrogens is 562 g/mol.